The number of allylic oxidation sites excluding steroid dienone is 2. The summed E-state index contributed by atoms with van der Waals surface area (Å²) in [7, 11) is -1.79. The molecule has 1 aliphatic rings. The van der Waals surface area contributed by atoms with Crippen LogP contribution in [0.5, 0.6) is 0 Å². The van der Waals surface area contributed by atoms with Gasteiger partial charge in [0.1, 0.15) is 0 Å². The highest BCUT2D eigenvalue weighted by Gasteiger charge is 2.29. The van der Waals surface area contributed by atoms with Crippen LogP contribution < -0.4 is 0 Å². The van der Waals surface area contributed by atoms with Gasteiger partial charge in [-0.3, -0.25) is 0 Å². The third-order valence-corrected chi connectivity index (χ3v) is 5.92. The molecule has 0 radical (unpaired) electrons. The van der Waals surface area contributed by atoms with Crippen LogP contribution >= 0.6 is 7.14 Å². The van der Waals surface area contributed by atoms with Crippen LogP contribution in [-0.2, 0) is 4.57 Å². The molecule has 0 fully saturated rings. The lowest BCUT2D eigenvalue weighted by atomic mass is 10.3. The first-order valence-corrected chi connectivity index (χ1v) is 5.92. The minimum atomic E-state index is -1.79. The smallest absolute Gasteiger partial charge is 0.0975 e. The van der Waals surface area contributed by atoms with Gasteiger partial charge in [-0.05, 0) is 6.92 Å². The Balaban J connectivity index is 2.71. The molecule has 2 heteroatoms. The third kappa shape index (κ3) is 1.34. The minimum Gasteiger partial charge on any atom is -0.323 e. The van der Waals surface area contributed by atoms with E-state index in [2.05, 4.69) is 26.8 Å². The highest BCUT2D eigenvalue weighted by molar-refractivity contribution is 7.65. The predicted molar refractivity (Wildman–Crippen MR) is 46.2 cm³/mol. The molecule has 0 N–H and O–H groups in total. The van der Waals surface area contributed by atoms with Gasteiger partial charge in [0.05, 0.1) is 7.14 Å². The van der Waals surface area contributed by atoms with E-state index in [9.17, 15) is 4.57 Å². The molecule has 0 saturated heterocycles. The van der Waals surface area contributed by atoms with Gasteiger partial charge in [-0.1, -0.05) is 25.5 Å². The summed E-state index contributed by atoms with van der Waals surface area (Å²) in [6.07, 6.45) is 3.84. The van der Waals surface area contributed by atoms with E-state index in [1.807, 2.05) is 0 Å². The van der Waals surface area contributed by atoms with Gasteiger partial charge in [0.15, 0.2) is 0 Å². The second-order valence-electron chi connectivity index (χ2n) is 3.44. The molecule has 0 aromatic carbocycles. The molecule has 0 unspecified atom stereocenters. The summed E-state index contributed by atoms with van der Waals surface area (Å²) in [6, 6.07) is 0. The fraction of sp³-hybridized carbons (Fsp3) is 0.750. The summed E-state index contributed by atoms with van der Waals surface area (Å²) in [5, 5.41) is 0. The Labute approximate surface area is 62.9 Å². The fourth-order valence-corrected chi connectivity index (χ4v) is 3.77. The molecule has 58 valence electrons. The van der Waals surface area contributed by atoms with E-state index < -0.39 is 7.14 Å². The highest BCUT2D eigenvalue weighted by Crippen LogP contribution is 2.55. The lowest BCUT2D eigenvalue weighted by molar-refractivity contribution is 0.573. The Morgan fingerprint density at radius 1 is 1.60 bits per heavy atom. The maximum absolute atomic E-state index is 11.9. The third-order valence-electron chi connectivity index (χ3n) is 2.21. The Morgan fingerprint density at radius 2 is 2.20 bits per heavy atom. The van der Waals surface area contributed by atoms with Crippen LogP contribution in [0, 0.1) is 0 Å². The number of hydrogen-bond donors (Lipinski definition) is 0. The second-order valence-corrected chi connectivity index (χ2v) is 7.06. The molecule has 1 atom stereocenters. The summed E-state index contributed by atoms with van der Waals surface area (Å²) in [6.45, 7) is 6.20. The van der Waals surface area contributed by atoms with Gasteiger partial charge in [0.2, 0.25) is 0 Å². The van der Waals surface area contributed by atoms with Gasteiger partial charge in [-0.15, -0.1) is 0 Å². The summed E-state index contributed by atoms with van der Waals surface area (Å²) >= 11 is 0. The van der Waals surface area contributed by atoms with Gasteiger partial charge in [0.25, 0.3) is 0 Å². The summed E-state index contributed by atoms with van der Waals surface area (Å²) in [5.74, 6) is 0. The first kappa shape index (κ1) is 8.07. The van der Waals surface area contributed by atoms with E-state index in [1.54, 1.807) is 0 Å². The molecule has 10 heavy (non-hydrogen) atoms. The first-order chi connectivity index (χ1) is 4.54. The Hall–Kier alpha value is -0.0300. The van der Waals surface area contributed by atoms with Crippen molar-refractivity contribution in [2.45, 2.75) is 26.4 Å². The molecule has 1 nitrogen and oxygen atoms in total. The van der Waals surface area contributed by atoms with Crippen LogP contribution in [0.4, 0.5) is 0 Å². The van der Waals surface area contributed by atoms with Crippen LogP contribution in [0.2, 0.25) is 0 Å². The summed E-state index contributed by atoms with van der Waals surface area (Å²) in [4.78, 5) is 0. The van der Waals surface area contributed by atoms with E-state index in [0.29, 0.717) is 5.66 Å². The van der Waals surface area contributed by atoms with Crippen molar-refractivity contribution in [2.75, 3.05) is 12.3 Å². The van der Waals surface area contributed by atoms with Gasteiger partial charge in [-0.2, -0.15) is 0 Å². The van der Waals surface area contributed by atoms with Crippen molar-refractivity contribution in [3.8, 4) is 0 Å². The van der Waals surface area contributed by atoms with E-state index >= 15 is 0 Å². The van der Waals surface area contributed by atoms with Crippen molar-refractivity contribution in [1.82, 2.24) is 0 Å². The SMILES string of the molecule is CC1=CC[P@@](=O)(C(C)C)C1. The fourth-order valence-electron chi connectivity index (χ4n) is 1.26. The molecule has 0 aliphatic carbocycles. The molecule has 0 saturated carbocycles. The van der Waals surface area contributed by atoms with E-state index in [4.69, 9.17) is 0 Å². The Kier molecular flexibility index (Phi) is 2.05. The first-order valence-electron chi connectivity index (χ1n) is 3.78. The summed E-state index contributed by atoms with van der Waals surface area (Å²) in [5.41, 5.74) is 1.69. The number of hydrogen-bond acceptors (Lipinski definition) is 1. The normalized spacial score (nSPS) is 33.0. The van der Waals surface area contributed by atoms with E-state index in [-0.39, 0.29) is 0 Å². The van der Waals surface area contributed by atoms with Crippen molar-refractivity contribution >= 4 is 7.14 Å². The molecular weight excluding hydrogens is 143 g/mol. The predicted octanol–water partition coefficient (Wildman–Crippen LogP) is 2.72. The van der Waals surface area contributed by atoms with Crippen LogP contribution in [-0.4, -0.2) is 18.0 Å². The molecule has 0 aromatic heterocycles. The lowest BCUT2D eigenvalue weighted by Gasteiger charge is -2.15. The molecule has 0 bridgehead atoms. The monoisotopic (exact) mass is 158 g/mol. The quantitative estimate of drug-likeness (QED) is 0.423. The van der Waals surface area contributed by atoms with E-state index in [1.165, 1.54) is 5.57 Å². The van der Waals surface area contributed by atoms with Gasteiger partial charge < -0.3 is 4.57 Å². The molecule has 0 aromatic rings. The molecule has 0 amide bonds. The van der Waals surface area contributed by atoms with Crippen LogP contribution in [0.1, 0.15) is 20.8 Å². The van der Waals surface area contributed by atoms with Gasteiger partial charge >= 0.3 is 0 Å². The van der Waals surface area contributed by atoms with E-state index in [0.717, 1.165) is 12.3 Å². The number of rotatable bonds is 1. The summed E-state index contributed by atoms with van der Waals surface area (Å²) < 4.78 is 11.9. The lowest BCUT2D eigenvalue weighted by Crippen LogP contribution is -2.00. The second kappa shape index (κ2) is 2.54. The van der Waals surface area contributed by atoms with Crippen LogP contribution in [0.15, 0.2) is 11.6 Å². The van der Waals surface area contributed by atoms with Gasteiger partial charge in [0, 0.05) is 18.0 Å². The van der Waals surface area contributed by atoms with Crippen molar-refractivity contribution in [1.29, 1.82) is 0 Å². The topological polar surface area (TPSA) is 17.1 Å². The van der Waals surface area contributed by atoms with Crippen LogP contribution in [0.25, 0.3) is 0 Å². The zero-order valence-electron chi connectivity index (χ0n) is 6.92. The average Bonchev–Trinajstić information content (AvgIpc) is 2.13. The van der Waals surface area contributed by atoms with Crippen molar-refractivity contribution in [3.05, 3.63) is 11.6 Å². The molecule has 1 aliphatic heterocycles. The maximum atomic E-state index is 11.9. The van der Waals surface area contributed by atoms with Gasteiger partial charge in [-0.25, -0.2) is 0 Å². The van der Waals surface area contributed by atoms with Crippen molar-refractivity contribution in [2.24, 2.45) is 0 Å². The minimum absolute atomic E-state index is 0.376. The molecular formula is C8H15OP. The largest absolute Gasteiger partial charge is 0.323 e. The molecule has 1 heterocycles. The Morgan fingerprint density at radius 3 is 2.40 bits per heavy atom. The molecule has 0 spiro atoms. The maximum Gasteiger partial charge on any atom is 0.0975 e. The Bertz CT molecular complexity index is 203. The van der Waals surface area contributed by atoms with Crippen molar-refractivity contribution < 1.29 is 4.57 Å². The highest BCUT2D eigenvalue weighted by atomic mass is 31.2. The van der Waals surface area contributed by atoms with Crippen LogP contribution in [0.3, 0.4) is 0 Å². The standard InChI is InChI=1S/C8H15OP/c1-7(2)10(9)5-4-8(3)6-10/h4,7H,5-6H2,1-3H3/t10-/m0/s1. The zero-order chi connectivity index (χ0) is 7.78. The molecule has 1 rings (SSSR count). The zero-order valence-corrected chi connectivity index (χ0v) is 7.82. The average molecular weight is 158 g/mol. The van der Waals surface area contributed by atoms with Crippen molar-refractivity contribution in [3.63, 3.8) is 0 Å².